The van der Waals surface area contributed by atoms with Crippen molar-refractivity contribution in [3.63, 3.8) is 0 Å². The van der Waals surface area contributed by atoms with Crippen molar-refractivity contribution >= 4 is 17.3 Å². The highest BCUT2D eigenvalue weighted by Crippen LogP contribution is 2.29. The van der Waals surface area contributed by atoms with Gasteiger partial charge in [0.1, 0.15) is 16.5 Å². The lowest BCUT2D eigenvalue weighted by Gasteiger charge is -2.36. The Morgan fingerprint density at radius 1 is 1.00 bits per heavy atom. The van der Waals surface area contributed by atoms with E-state index in [0.717, 1.165) is 54.7 Å². The first-order valence-corrected chi connectivity index (χ1v) is 11.2. The molecule has 3 aromatic rings. The highest BCUT2D eigenvalue weighted by Gasteiger charge is 2.24. The van der Waals surface area contributed by atoms with E-state index in [1.54, 1.807) is 11.8 Å². The molecule has 1 saturated heterocycles. The molecule has 7 nitrogen and oxygen atoms in total. The van der Waals surface area contributed by atoms with Crippen LogP contribution in [0, 0.1) is 0 Å². The number of para-hydroxylation sites is 2. The van der Waals surface area contributed by atoms with Gasteiger partial charge in [-0.05, 0) is 43.3 Å². The van der Waals surface area contributed by atoms with Gasteiger partial charge in [-0.25, -0.2) is 4.68 Å². The summed E-state index contributed by atoms with van der Waals surface area (Å²) in [4.78, 5) is 17.6. The minimum atomic E-state index is -0.210. The van der Waals surface area contributed by atoms with Crippen molar-refractivity contribution in [2.24, 2.45) is 7.05 Å². The normalized spacial score (nSPS) is 14.6. The molecule has 0 bridgehead atoms. The Morgan fingerprint density at radius 2 is 1.69 bits per heavy atom. The second-order valence-corrected chi connectivity index (χ2v) is 8.14. The standard InChI is InChI=1S/C24H29ClN4O3/c1-4-32-22-8-6-5-7-20(22)28-15-13-27(14-16-28)17-21-23(25)24(30)29(26(21)2)18-9-11-19(31-3)12-10-18/h5-12H,4,13-17H2,1-3H3. The van der Waals surface area contributed by atoms with E-state index in [9.17, 15) is 4.79 Å². The highest BCUT2D eigenvalue weighted by atomic mass is 35.5. The van der Waals surface area contributed by atoms with Gasteiger partial charge >= 0.3 is 0 Å². The van der Waals surface area contributed by atoms with Crippen LogP contribution in [-0.2, 0) is 13.6 Å². The maximum absolute atomic E-state index is 12.9. The van der Waals surface area contributed by atoms with Gasteiger partial charge in [0, 0.05) is 39.8 Å². The summed E-state index contributed by atoms with van der Waals surface area (Å²) in [6.45, 7) is 6.78. The molecule has 4 rings (SSSR count). The molecule has 8 heteroatoms. The van der Waals surface area contributed by atoms with E-state index in [4.69, 9.17) is 21.1 Å². The third kappa shape index (κ3) is 4.36. The maximum atomic E-state index is 12.9. The Kier molecular flexibility index (Phi) is 6.77. The van der Waals surface area contributed by atoms with Crippen molar-refractivity contribution in [3.05, 3.63) is 69.6 Å². The predicted octanol–water partition coefficient (Wildman–Crippen LogP) is 3.56. The number of anilines is 1. The molecular weight excluding hydrogens is 428 g/mol. The van der Waals surface area contributed by atoms with Crippen LogP contribution in [-0.4, -0.2) is 54.2 Å². The second-order valence-electron chi connectivity index (χ2n) is 7.76. The number of nitrogens with zero attached hydrogens (tertiary/aromatic N) is 4. The van der Waals surface area contributed by atoms with E-state index < -0.39 is 0 Å². The molecule has 0 N–H and O–H groups in total. The van der Waals surface area contributed by atoms with E-state index in [2.05, 4.69) is 15.9 Å². The minimum Gasteiger partial charge on any atom is -0.497 e. The summed E-state index contributed by atoms with van der Waals surface area (Å²) in [5, 5.41) is 0.271. The van der Waals surface area contributed by atoms with Crippen LogP contribution in [0.25, 0.3) is 5.69 Å². The van der Waals surface area contributed by atoms with Gasteiger partial charge in [0.2, 0.25) is 0 Å². The van der Waals surface area contributed by atoms with Crippen molar-refractivity contribution < 1.29 is 9.47 Å². The number of methoxy groups -OCH3 is 1. The molecule has 1 fully saturated rings. The van der Waals surface area contributed by atoms with Gasteiger partial charge in [-0.1, -0.05) is 23.7 Å². The third-order valence-electron chi connectivity index (χ3n) is 5.89. The Balaban J connectivity index is 1.48. The third-order valence-corrected chi connectivity index (χ3v) is 6.27. The zero-order chi connectivity index (χ0) is 22.7. The van der Waals surface area contributed by atoms with Crippen LogP contribution in [0.5, 0.6) is 11.5 Å². The van der Waals surface area contributed by atoms with Crippen molar-refractivity contribution in [3.8, 4) is 17.2 Å². The summed E-state index contributed by atoms with van der Waals surface area (Å²) in [6.07, 6.45) is 0. The van der Waals surface area contributed by atoms with Gasteiger partial charge in [-0.3, -0.25) is 14.4 Å². The molecule has 170 valence electrons. The summed E-state index contributed by atoms with van der Waals surface area (Å²) >= 11 is 6.49. The van der Waals surface area contributed by atoms with Gasteiger partial charge in [-0.15, -0.1) is 0 Å². The average Bonchev–Trinajstić information content (AvgIpc) is 3.03. The summed E-state index contributed by atoms with van der Waals surface area (Å²) in [5.41, 5.74) is 2.49. The molecular formula is C24H29ClN4O3. The Labute approximate surface area is 193 Å². The number of hydrogen-bond donors (Lipinski definition) is 0. The van der Waals surface area contributed by atoms with Gasteiger partial charge < -0.3 is 14.4 Å². The summed E-state index contributed by atoms with van der Waals surface area (Å²) in [5.74, 6) is 1.66. The topological polar surface area (TPSA) is 51.9 Å². The lowest BCUT2D eigenvalue weighted by Crippen LogP contribution is -2.46. The zero-order valence-electron chi connectivity index (χ0n) is 18.8. The Hall–Kier alpha value is -2.90. The fourth-order valence-corrected chi connectivity index (χ4v) is 4.42. The minimum absolute atomic E-state index is 0.210. The average molecular weight is 457 g/mol. The van der Waals surface area contributed by atoms with E-state index >= 15 is 0 Å². The van der Waals surface area contributed by atoms with Gasteiger partial charge in [0.05, 0.1) is 30.8 Å². The molecule has 2 heterocycles. The molecule has 2 aromatic carbocycles. The number of piperazine rings is 1. The number of rotatable bonds is 7. The van der Waals surface area contributed by atoms with Crippen LogP contribution in [0.3, 0.4) is 0 Å². The molecule has 1 aliphatic heterocycles. The second kappa shape index (κ2) is 9.71. The highest BCUT2D eigenvalue weighted by molar-refractivity contribution is 6.31. The molecule has 0 unspecified atom stereocenters. The van der Waals surface area contributed by atoms with E-state index in [-0.39, 0.29) is 10.6 Å². The first-order chi connectivity index (χ1) is 15.5. The molecule has 1 aromatic heterocycles. The Morgan fingerprint density at radius 3 is 2.34 bits per heavy atom. The van der Waals surface area contributed by atoms with Crippen molar-refractivity contribution in [2.75, 3.05) is 44.8 Å². The summed E-state index contributed by atoms with van der Waals surface area (Å²) < 4.78 is 14.5. The number of benzene rings is 2. The van der Waals surface area contributed by atoms with Gasteiger partial charge in [0.25, 0.3) is 5.56 Å². The fourth-order valence-electron chi connectivity index (χ4n) is 4.16. The van der Waals surface area contributed by atoms with E-state index in [1.807, 2.05) is 61.1 Å². The number of ether oxygens (including phenoxy) is 2. The van der Waals surface area contributed by atoms with Crippen LogP contribution in [0.4, 0.5) is 5.69 Å². The van der Waals surface area contributed by atoms with E-state index in [0.29, 0.717) is 13.2 Å². The maximum Gasteiger partial charge on any atom is 0.290 e. The first-order valence-electron chi connectivity index (χ1n) is 10.8. The fraction of sp³-hybridized carbons (Fsp3) is 0.375. The number of hydrogen-bond acceptors (Lipinski definition) is 5. The van der Waals surface area contributed by atoms with Crippen molar-refractivity contribution in [1.29, 1.82) is 0 Å². The molecule has 0 aliphatic carbocycles. The smallest absolute Gasteiger partial charge is 0.290 e. The summed E-state index contributed by atoms with van der Waals surface area (Å²) in [7, 11) is 3.50. The predicted molar refractivity (Wildman–Crippen MR) is 128 cm³/mol. The summed E-state index contributed by atoms with van der Waals surface area (Å²) in [6, 6.07) is 15.6. The van der Waals surface area contributed by atoms with Crippen molar-refractivity contribution in [1.82, 2.24) is 14.3 Å². The van der Waals surface area contributed by atoms with Crippen LogP contribution in [0.15, 0.2) is 53.3 Å². The molecule has 0 saturated carbocycles. The number of halogens is 1. The molecule has 0 spiro atoms. The van der Waals surface area contributed by atoms with Crippen LogP contribution < -0.4 is 19.9 Å². The zero-order valence-corrected chi connectivity index (χ0v) is 19.5. The molecule has 0 amide bonds. The van der Waals surface area contributed by atoms with Crippen LogP contribution in [0.2, 0.25) is 5.02 Å². The molecule has 32 heavy (non-hydrogen) atoms. The lowest BCUT2D eigenvalue weighted by molar-refractivity contribution is 0.242. The molecule has 0 atom stereocenters. The van der Waals surface area contributed by atoms with Crippen LogP contribution in [0.1, 0.15) is 12.6 Å². The SMILES string of the molecule is CCOc1ccccc1N1CCN(Cc2c(Cl)c(=O)n(-c3ccc(OC)cc3)n2C)CC1. The Bertz CT molecular complexity index is 1120. The number of aromatic nitrogens is 2. The lowest BCUT2D eigenvalue weighted by atomic mass is 10.2. The van der Waals surface area contributed by atoms with Gasteiger partial charge in [-0.2, -0.15) is 0 Å². The van der Waals surface area contributed by atoms with Gasteiger partial charge in [0.15, 0.2) is 0 Å². The van der Waals surface area contributed by atoms with Crippen LogP contribution >= 0.6 is 11.6 Å². The molecule has 1 aliphatic rings. The van der Waals surface area contributed by atoms with Crippen molar-refractivity contribution in [2.45, 2.75) is 13.5 Å². The van der Waals surface area contributed by atoms with E-state index in [1.165, 1.54) is 0 Å². The quantitative estimate of drug-likeness (QED) is 0.544. The largest absolute Gasteiger partial charge is 0.497 e. The monoisotopic (exact) mass is 456 g/mol. The molecule has 0 radical (unpaired) electrons. The first kappa shape index (κ1) is 22.3.